The van der Waals surface area contributed by atoms with Crippen molar-refractivity contribution in [2.24, 2.45) is 0 Å². The Kier molecular flexibility index (Phi) is 10.1. The van der Waals surface area contributed by atoms with Gasteiger partial charge in [-0.1, -0.05) is 55.7 Å². The second kappa shape index (κ2) is 14.3. The van der Waals surface area contributed by atoms with Gasteiger partial charge in [0, 0.05) is 38.4 Å². The van der Waals surface area contributed by atoms with Crippen LogP contribution < -0.4 is 9.64 Å². The van der Waals surface area contributed by atoms with Crippen LogP contribution in [-0.4, -0.2) is 30.3 Å². The number of aromatic nitrogens is 1. The van der Waals surface area contributed by atoms with Crippen LogP contribution in [0.15, 0.2) is 78.2 Å². The van der Waals surface area contributed by atoms with Gasteiger partial charge in [0.05, 0.1) is 11.3 Å². The zero-order chi connectivity index (χ0) is 30.2. The van der Waals surface area contributed by atoms with Crippen LogP contribution in [0.3, 0.4) is 0 Å². The number of rotatable bonds is 11. The number of carbonyl (C=O) groups is 2. The molecule has 7 nitrogen and oxygen atoms in total. The molecule has 0 N–H and O–H groups in total. The summed E-state index contributed by atoms with van der Waals surface area (Å²) in [4.78, 5) is 30.2. The van der Waals surface area contributed by atoms with Gasteiger partial charge in [-0.05, 0) is 71.8 Å². The van der Waals surface area contributed by atoms with E-state index in [0.29, 0.717) is 18.7 Å². The first kappa shape index (κ1) is 30.3. The van der Waals surface area contributed by atoms with E-state index in [1.165, 1.54) is 57.1 Å². The molecule has 1 atom stereocenters. The van der Waals surface area contributed by atoms with E-state index in [2.05, 4.69) is 34.5 Å². The highest BCUT2D eigenvalue weighted by atomic mass is 32.1. The predicted octanol–water partition coefficient (Wildman–Crippen LogP) is 8.14. The van der Waals surface area contributed by atoms with E-state index in [1.54, 1.807) is 23.5 Å². The molecule has 0 saturated heterocycles. The maximum Gasteiger partial charge on any atom is 0.341 e. The molecule has 1 unspecified atom stereocenters. The molecular weight excluding hydrogens is 560 g/mol. The molecule has 0 radical (unpaired) electrons. The van der Waals surface area contributed by atoms with Crippen LogP contribution in [0.2, 0.25) is 0 Å². The quantitative estimate of drug-likeness (QED) is 0.127. The fraction of sp³-hybridized carbons (Fsp3) is 0.343. The van der Waals surface area contributed by atoms with Crippen molar-refractivity contribution in [3.05, 3.63) is 100 Å². The fourth-order valence-electron chi connectivity index (χ4n) is 5.35. The van der Waals surface area contributed by atoms with Crippen LogP contribution in [-0.2, 0) is 27.4 Å². The Balaban J connectivity index is 1.11. The molecule has 0 amide bonds. The van der Waals surface area contributed by atoms with Gasteiger partial charge in [0.1, 0.15) is 12.4 Å². The lowest BCUT2D eigenvalue weighted by atomic mass is 9.84. The lowest BCUT2D eigenvalue weighted by molar-refractivity contribution is -0.162. The summed E-state index contributed by atoms with van der Waals surface area (Å²) >= 11 is 1.58. The van der Waals surface area contributed by atoms with Crippen molar-refractivity contribution >= 4 is 28.4 Å². The molecule has 1 aliphatic carbocycles. The molecule has 0 aliphatic heterocycles. The SMILES string of the molecule is CC(=O)OC(C)OC(=O)c1ccc(CN(C)c2nc(-c3ccc(OCc4ccc(C5CCCCC5)cc4)cc3)cs2)cc1. The number of esters is 2. The molecule has 224 valence electrons. The van der Waals surface area contributed by atoms with Crippen molar-refractivity contribution in [3.8, 4) is 17.0 Å². The number of nitrogens with zero attached hydrogens (tertiary/aromatic N) is 2. The Morgan fingerprint density at radius 2 is 1.58 bits per heavy atom. The number of thiazole rings is 1. The maximum atomic E-state index is 12.3. The highest BCUT2D eigenvalue weighted by Crippen LogP contribution is 2.33. The molecule has 1 heterocycles. The van der Waals surface area contributed by atoms with Crippen molar-refractivity contribution in [2.45, 2.75) is 71.3 Å². The summed E-state index contributed by atoms with van der Waals surface area (Å²) in [6, 6.07) is 24.2. The maximum absolute atomic E-state index is 12.3. The Morgan fingerprint density at radius 1 is 0.907 bits per heavy atom. The first-order chi connectivity index (χ1) is 20.8. The summed E-state index contributed by atoms with van der Waals surface area (Å²) in [5.74, 6) is 0.507. The summed E-state index contributed by atoms with van der Waals surface area (Å²) in [7, 11) is 1.99. The Bertz CT molecular complexity index is 1490. The van der Waals surface area contributed by atoms with Gasteiger partial charge in [0.25, 0.3) is 0 Å². The number of carbonyl (C=O) groups excluding carboxylic acids is 2. The molecule has 1 aliphatic rings. The van der Waals surface area contributed by atoms with Crippen molar-refractivity contribution < 1.29 is 23.8 Å². The third-order valence-electron chi connectivity index (χ3n) is 7.64. The fourth-order valence-corrected chi connectivity index (χ4v) is 6.15. The van der Waals surface area contributed by atoms with Crippen LogP contribution >= 0.6 is 11.3 Å². The standard InChI is InChI=1S/C35H38N2O5S/c1-24(38)41-25(2)42-34(39)31-15-9-26(10-16-31)21-37(3)35-36-33(23-43-35)30-17-19-32(20-18-30)40-22-27-11-13-29(14-12-27)28-7-5-4-6-8-28/h9-20,23,25,28H,4-8,21-22H2,1-3H3. The van der Waals surface area contributed by atoms with Gasteiger partial charge in [-0.3, -0.25) is 4.79 Å². The third-order valence-corrected chi connectivity index (χ3v) is 8.60. The molecule has 4 aromatic rings. The van der Waals surface area contributed by atoms with Gasteiger partial charge in [-0.15, -0.1) is 11.3 Å². The van der Waals surface area contributed by atoms with E-state index in [1.807, 2.05) is 43.4 Å². The van der Waals surface area contributed by atoms with Crippen molar-refractivity contribution in [2.75, 3.05) is 11.9 Å². The summed E-state index contributed by atoms with van der Waals surface area (Å²) < 4.78 is 16.1. The topological polar surface area (TPSA) is 78.0 Å². The van der Waals surface area contributed by atoms with E-state index < -0.39 is 18.2 Å². The minimum Gasteiger partial charge on any atom is -0.489 e. The number of hydrogen-bond acceptors (Lipinski definition) is 8. The molecule has 5 rings (SSSR count). The van der Waals surface area contributed by atoms with Crippen LogP contribution in [0.25, 0.3) is 11.3 Å². The van der Waals surface area contributed by atoms with E-state index >= 15 is 0 Å². The second-order valence-electron chi connectivity index (χ2n) is 11.0. The minimum absolute atomic E-state index is 0.391. The molecular formula is C35H38N2O5S. The van der Waals surface area contributed by atoms with Crippen LogP contribution in [0.1, 0.15) is 78.9 Å². The Labute approximate surface area is 257 Å². The van der Waals surface area contributed by atoms with Crippen LogP contribution in [0.4, 0.5) is 5.13 Å². The normalized spacial score (nSPS) is 14.1. The zero-order valence-corrected chi connectivity index (χ0v) is 25.8. The Morgan fingerprint density at radius 3 is 2.26 bits per heavy atom. The molecule has 0 bridgehead atoms. The minimum atomic E-state index is -0.938. The lowest BCUT2D eigenvalue weighted by Gasteiger charge is -2.22. The smallest absolute Gasteiger partial charge is 0.341 e. The highest BCUT2D eigenvalue weighted by molar-refractivity contribution is 7.14. The molecule has 0 spiro atoms. The lowest BCUT2D eigenvalue weighted by Crippen LogP contribution is -2.20. The summed E-state index contributed by atoms with van der Waals surface area (Å²) in [6.07, 6.45) is 5.76. The average molecular weight is 599 g/mol. The van der Waals surface area contributed by atoms with Crippen molar-refractivity contribution in [1.82, 2.24) is 4.98 Å². The average Bonchev–Trinajstić information content (AvgIpc) is 3.52. The number of ether oxygens (including phenoxy) is 3. The van der Waals surface area contributed by atoms with Crippen LogP contribution in [0, 0.1) is 0 Å². The largest absolute Gasteiger partial charge is 0.489 e. The molecule has 1 fully saturated rings. The third kappa shape index (κ3) is 8.45. The number of benzene rings is 3. The molecule has 43 heavy (non-hydrogen) atoms. The summed E-state index contributed by atoms with van der Waals surface area (Å²) in [5, 5.41) is 2.95. The van der Waals surface area contributed by atoms with Gasteiger partial charge in [0.2, 0.25) is 6.29 Å². The Hall–Kier alpha value is -4.17. The highest BCUT2D eigenvalue weighted by Gasteiger charge is 2.16. The second-order valence-corrected chi connectivity index (χ2v) is 11.9. The molecule has 1 saturated carbocycles. The monoisotopic (exact) mass is 598 g/mol. The van der Waals surface area contributed by atoms with Crippen molar-refractivity contribution in [1.29, 1.82) is 0 Å². The van der Waals surface area contributed by atoms with Gasteiger partial charge in [0.15, 0.2) is 5.13 Å². The molecule has 1 aromatic heterocycles. The summed E-state index contributed by atoms with van der Waals surface area (Å²) in [5.41, 5.74) is 6.00. The summed E-state index contributed by atoms with van der Waals surface area (Å²) in [6.45, 7) is 3.95. The zero-order valence-electron chi connectivity index (χ0n) is 25.0. The van der Waals surface area contributed by atoms with E-state index in [0.717, 1.165) is 33.6 Å². The van der Waals surface area contributed by atoms with Gasteiger partial charge in [-0.2, -0.15) is 0 Å². The number of anilines is 1. The van der Waals surface area contributed by atoms with Gasteiger partial charge < -0.3 is 19.1 Å². The molecule has 8 heteroatoms. The molecule has 3 aromatic carbocycles. The van der Waals surface area contributed by atoms with Gasteiger partial charge >= 0.3 is 11.9 Å². The first-order valence-electron chi connectivity index (χ1n) is 14.8. The predicted molar refractivity (Wildman–Crippen MR) is 169 cm³/mol. The van der Waals surface area contributed by atoms with E-state index in [4.69, 9.17) is 19.2 Å². The van der Waals surface area contributed by atoms with E-state index in [9.17, 15) is 9.59 Å². The van der Waals surface area contributed by atoms with E-state index in [-0.39, 0.29) is 0 Å². The number of hydrogen-bond donors (Lipinski definition) is 0. The van der Waals surface area contributed by atoms with Crippen molar-refractivity contribution in [3.63, 3.8) is 0 Å². The van der Waals surface area contributed by atoms with Gasteiger partial charge in [-0.25, -0.2) is 9.78 Å². The van der Waals surface area contributed by atoms with Crippen LogP contribution in [0.5, 0.6) is 5.75 Å². The first-order valence-corrected chi connectivity index (χ1v) is 15.7.